The number of nitrogens with one attached hydrogen (secondary N) is 3. The van der Waals surface area contributed by atoms with Crippen LogP contribution in [0.2, 0.25) is 0 Å². The Labute approximate surface area is 308 Å². The van der Waals surface area contributed by atoms with E-state index in [9.17, 15) is 14.4 Å². The zero-order chi connectivity index (χ0) is 36.5. The van der Waals surface area contributed by atoms with Gasteiger partial charge in [0.2, 0.25) is 5.91 Å². The Morgan fingerprint density at radius 2 is 1.46 bits per heavy atom. The normalized spacial score (nSPS) is 11.7. The number of methoxy groups -OCH3 is 3. The average molecular weight is 731 g/mol. The summed E-state index contributed by atoms with van der Waals surface area (Å²) in [6.45, 7) is 0. The number of thiazole rings is 1. The molecule has 0 fully saturated rings. The van der Waals surface area contributed by atoms with Crippen LogP contribution in [0.3, 0.4) is 0 Å². The number of thioether (sulfide) groups is 1. The van der Waals surface area contributed by atoms with Crippen LogP contribution in [-0.4, -0.2) is 44.0 Å². The van der Waals surface area contributed by atoms with Gasteiger partial charge in [0, 0.05) is 21.7 Å². The van der Waals surface area contributed by atoms with E-state index < -0.39 is 17.1 Å². The number of fused-ring (bicyclic) bond motifs is 1. The summed E-state index contributed by atoms with van der Waals surface area (Å²) in [7, 11) is 4.66. The second kappa shape index (κ2) is 16.7. The zero-order valence-electron chi connectivity index (χ0n) is 28.4. The summed E-state index contributed by atoms with van der Waals surface area (Å²) in [6, 6.07) is 35.9. The maximum Gasteiger partial charge on any atom is 0.272 e. The highest BCUT2D eigenvalue weighted by atomic mass is 32.2. The number of carbonyl (C=O) groups is 3. The highest BCUT2D eigenvalue weighted by molar-refractivity contribution is 8.00. The molecule has 0 spiro atoms. The molecule has 1 heterocycles. The number of anilines is 2. The highest BCUT2D eigenvalue weighted by Gasteiger charge is 2.24. The number of nitrogens with zero attached hydrogens (tertiary/aromatic N) is 1. The van der Waals surface area contributed by atoms with Crippen molar-refractivity contribution >= 4 is 67.9 Å². The van der Waals surface area contributed by atoms with Crippen LogP contribution in [-0.2, 0) is 9.59 Å². The van der Waals surface area contributed by atoms with Gasteiger partial charge in [-0.15, -0.1) is 11.8 Å². The first-order chi connectivity index (χ1) is 25.3. The largest absolute Gasteiger partial charge is 0.497 e. The van der Waals surface area contributed by atoms with Gasteiger partial charge in [-0.25, -0.2) is 4.98 Å². The lowest BCUT2D eigenvalue weighted by atomic mass is 10.1. The van der Waals surface area contributed by atoms with E-state index in [1.165, 1.54) is 43.4 Å². The Morgan fingerprint density at radius 1 is 0.750 bits per heavy atom. The Kier molecular flexibility index (Phi) is 11.5. The van der Waals surface area contributed by atoms with Crippen molar-refractivity contribution < 1.29 is 28.6 Å². The van der Waals surface area contributed by atoms with Crippen molar-refractivity contribution in [2.45, 2.75) is 10.1 Å². The molecule has 262 valence electrons. The van der Waals surface area contributed by atoms with E-state index >= 15 is 0 Å². The number of hydrogen-bond donors (Lipinski definition) is 3. The van der Waals surface area contributed by atoms with Crippen LogP contribution in [0, 0.1) is 0 Å². The molecule has 12 heteroatoms. The third-order valence-electron chi connectivity index (χ3n) is 7.78. The summed E-state index contributed by atoms with van der Waals surface area (Å²) in [5.74, 6) is 0.455. The number of aromatic nitrogens is 1. The van der Waals surface area contributed by atoms with Gasteiger partial charge in [-0.05, 0) is 78.4 Å². The van der Waals surface area contributed by atoms with E-state index in [4.69, 9.17) is 14.2 Å². The number of hydrogen-bond acceptors (Lipinski definition) is 9. The van der Waals surface area contributed by atoms with Gasteiger partial charge in [0.1, 0.15) is 28.2 Å². The van der Waals surface area contributed by atoms with Crippen molar-refractivity contribution in [3.8, 4) is 17.2 Å². The van der Waals surface area contributed by atoms with Crippen LogP contribution >= 0.6 is 23.1 Å². The van der Waals surface area contributed by atoms with Crippen molar-refractivity contribution in [1.82, 2.24) is 10.3 Å². The van der Waals surface area contributed by atoms with E-state index in [0.717, 1.165) is 20.7 Å². The molecule has 6 rings (SSSR count). The second-order valence-electron chi connectivity index (χ2n) is 11.2. The topological polar surface area (TPSA) is 128 Å². The quantitative estimate of drug-likeness (QED) is 0.0802. The summed E-state index contributed by atoms with van der Waals surface area (Å²) < 4.78 is 17.1. The standard InChI is InChI=1S/C40H34N4O6S2/c1-48-29-18-20-34(50-3)27(21-29)22-33(42-37(45)26-13-8-5-9-14-26)38(46)41-28-15-10-16-31(23-28)51-36(25-11-6-4-7-12-25)39(47)44-40-43-32-19-17-30(49-2)24-35(32)52-40/h4-24,36H,1-3H3,(H,41,46)(H,42,45)(H,43,44,47)/b33-22+. The number of benzene rings is 5. The molecule has 0 aliphatic carbocycles. The minimum atomic E-state index is -0.644. The van der Waals surface area contributed by atoms with Gasteiger partial charge >= 0.3 is 0 Å². The molecule has 5 aromatic carbocycles. The smallest absolute Gasteiger partial charge is 0.272 e. The fourth-order valence-electron chi connectivity index (χ4n) is 5.19. The Morgan fingerprint density at radius 3 is 2.19 bits per heavy atom. The van der Waals surface area contributed by atoms with Crippen LogP contribution in [0.4, 0.5) is 10.8 Å². The minimum absolute atomic E-state index is 0.0199. The van der Waals surface area contributed by atoms with E-state index in [-0.39, 0.29) is 11.6 Å². The summed E-state index contributed by atoms with van der Waals surface area (Å²) in [5, 5.41) is 8.48. The molecule has 6 aromatic rings. The van der Waals surface area contributed by atoms with Gasteiger partial charge in [-0.2, -0.15) is 0 Å². The van der Waals surface area contributed by atoms with Crippen LogP contribution in [0.15, 0.2) is 132 Å². The van der Waals surface area contributed by atoms with E-state index in [0.29, 0.717) is 39.2 Å². The molecule has 10 nitrogen and oxygen atoms in total. The van der Waals surface area contributed by atoms with E-state index in [1.807, 2.05) is 54.6 Å². The van der Waals surface area contributed by atoms with Crippen molar-refractivity contribution in [1.29, 1.82) is 0 Å². The molecule has 0 saturated carbocycles. The molecule has 0 radical (unpaired) electrons. The molecule has 1 aromatic heterocycles. The second-order valence-corrected chi connectivity index (χ2v) is 13.4. The van der Waals surface area contributed by atoms with Crippen molar-refractivity contribution in [3.05, 3.63) is 144 Å². The molecule has 0 aliphatic heterocycles. The Hall–Kier alpha value is -6.11. The molecule has 0 bridgehead atoms. The van der Waals surface area contributed by atoms with Crippen LogP contribution in [0.25, 0.3) is 16.3 Å². The SMILES string of the molecule is COc1ccc(OC)c(/C=C(/NC(=O)c2ccccc2)C(=O)Nc2cccc(SC(C(=O)Nc3nc4ccc(OC)cc4s3)c3ccccc3)c2)c1. The molecule has 0 aliphatic rings. The zero-order valence-corrected chi connectivity index (χ0v) is 30.0. The van der Waals surface area contributed by atoms with Gasteiger partial charge in [0.15, 0.2) is 5.13 Å². The summed E-state index contributed by atoms with van der Waals surface area (Å²) in [6.07, 6.45) is 1.53. The molecule has 3 amide bonds. The van der Waals surface area contributed by atoms with Crippen LogP contribution in [0.5, 0.6) is 17.2 Å². The van der Waals surface area contributed by atoms with Gasteiger partial charge in [0.25, 0.3) is 11.8 Å². The highest BCUT2D eigenvalue weighted by Crippen LogP contribution is 2.38. The monoisotopic (exact) mass is 730 g/mol. The van der Waals surface area contributed by atoms with Crippen molar-refractivity contribution in [2.75, 3.05) is 32.0 Å². The van der Waals surface area contributed by atoms with Gasteiger partial charge < -0.3 is 30.2 Å². The molecule has 0 saturated heterocycles. The number of carbonyl (C=O) groups excluding carboxylic acids is 3. The molecule has 1 unspecified atom stereocenters. The maximum atomic E-state index is 13.9. The number of amides is 3. The lowest BCUT2D eigenvalue weighted by Gasteiger charge is -2.17. The van der Waals surface area contributed by atoms with Crippen molar-refractivity contribution in [2.24, 2.45) is 0 Å². The molecular formula is C40H34N4O6S2. The van der Waals surface area contributed by atoms with Gasteiger partial charge in [-0.3, -0.25) is 14.4 Å². The van der Waals surface area contributed by atoms with Crippen LogP contribution in [0.1, 0.15) is 26.7 Å². The third-order valence-corrected chi connectivity index (χ3v) is 9.96. The fraction of sp³-hybridized carbons (Fsp3) is 0.100. The first-order valence-electron chi connectivity index (χ1n) is 16.0. The third kappa shape index (κ3) is 8.78. The summed E-state index contributed by atoms with van der Waals surface area (Å²) in [5.41, 5.74) is 2.89. The first kappa shape index (κ1) is 35.7. The maximum absolute atomic E-state index is 13.9. The minimum Gasteiger partial charge on any atom is -0.497 e. The van der Waals surface area contributed by atoms with Crippen molar-refractivity contribution in [3.63, 3.8) is 0 Å². The Balaban J connectivity index is 1.25. The Bertz CT molecular complexity index is 2240. The molecule has 3 N–H and O–H groups in total. The molecule has 1 atom stereocenters. The summed E-state index contributed by atoms with van der Waals surface area (Å²) >= 11 is 2.69. The lowest BCUT2D eigenvalue weighted by Crippen LogP contribution is -2.30. The molecular weight excluding hydrogens is 697 g/mol. The van der Waals surface area contributed by atoms with Gasteiger partial charge in [0.05, 0.1) is 31.5 Å². The van der Waals surface area contributed by atoms with Crippen LogP contribution < -0.4 is 30.2 Å². The fourth-order valence-corrected chi connectivity index (χ4v) is 7.17. The van der Waals surface area contributed by atoms with E-state index in [1.54, 1.807) is 73.8 Å². The first-order valence-corrected chi connectivity index (χ1v) is 17.7. The number of rotatable bonds is 13. The van der Waals surface area contributed by atoms with E-state index in [2.05, 4.69) is 20.9 Å². The molecule has 52 heavy (non-hydrogen) atoms. The average Bonchev–Trinajstić information content (AvgIpc) is 3.58. The predicted octanol–water partition coefficient (Wildman–Crippen LogP) is 8.20. The predicted molar refractivity (Wildman–Crippen MR) is 206 cm³/mol. The summed E-state index contributed by atoms with van der Waals surface area (Å²) in [4.78, 5) is 46.2. The number of ether oxygens (including phenoxy) is 3. The lowest BCUT2D eigenvalue weighted by molar-refractivity contribution is -0.116. The van der Waals surface area contributed by atoms with Gasteiger partial charge in [-0.1, -0.05) is 65.9 Å².